The van der Waals surface area contributed by atoms with Gasteiger partial charge in [-0.05, 0) is 24.3 Å². The lowest BCUT2D eigenvalue weighted by atomic mass is 10.1. The first-order chi connectivity index (χ1) is 15.9. The second-order valence-electron chi connectivity index (χ2n) is 8.18. The summed E-state index contributed by atoms with van der Waals surface area (Å²) in [6.07, 6.45) is 3.93. The van der Waals surface area contributed by atoms with Gasteiger partial charge in [-0.25, -0.2) is 9.97 Å². The summed E-state index contributed by atoms with van der Waals surface area (Å²) < 4.78 is 11.8. The molecule has 0 aliphatic carbocycles. The smallest absolute Gasteiger partial charge is 0.162 e. The zero-order chi connectivity index (χ0) is 21.3. The fourth-order valence-corrected chi connectivity index (χ4v) is 4.65. The summed E-state index contributed by atoms with van der Waals surface area (Å²) in [4.78, 5) is 17.8. The molecule has 2 aromatic carbocycles. The molecule has 2 aliphatic rings. The van der Waals surface area contributed by atoms with E-state index in [1.54, 1.807) is 0 Å². The molecule has 0 spiro atoms. The molecule has 7 nitrogen and oxygen atoms in total. The highest BCUT2D eigenvalue weighted by Gasteiger charge is 2.34. The highest BCUT2D eigenvalue weighted by Crippen LogP contribution is 2.36. The van der Waals surface area contributed by atoms with Crippen molar-refractivity contribution in [2.75, 3.05) is 49.3 Å². The SMILES string of the molecule is c1ccc(OCCN2CC3COCCN3c3nc(-c4cccc5[nH]ccc45)ncc32)cc1. The van der Waals surface area contributed by atoms with E-state index in [4.69, 9.17) is 19.4 Å². The zero-order valence-corrected chi connectivity index (χ0v) is 17.8. The van der Waals surface area contributed by atoms with Crippen molar-refractivity contribution in [3.63, 3.8) is 0 Å². The molecule has 0 radical (unpaired) electrons. The van der Waals surface area contributed by atoms with Crippen molar-refractivity contribution in [1.29, 1.82) is 0 Å². The molecule has 1 saturated heterocycles. The van der Waals surface area contributed by atoms with Crippen molar-refractivity contribution >= 4 is 22.4 Å². The largest absolute Gasteiger partial charge is 0.492 e. The number of fused-ring (bicyclic) bond motifs is 4. The summed E-state index contributed by atoms with van der Waals surface area (Å²) in [5, 5.41) is 1.13. The normalized spacial score (nSPS) is 17.8. The highest BCUT2D eigenvalue weighted by atomic mass is 16.5. The van der Waals surface area contributed by atoms with Gasteiger partial charge < -0.3 is 24.3 Å². The van der Waals surface area contributed by atoms with Crippen LogP contribution in [0.25, 0.3) is 22.3 Å². The van der Waals surface area contributed by atoms with Gasteiger partial charge >= 0.3 is 0 Å². The monoisotopic (exact) mass is 427 g/mol. The average molecular weight is 428 g/mol. The van der Waals surface area contributed by atoms with Crippen LogP contribution in [0.2, 0.25) is 0 Å². The first-order valence-corrected chi connectivity index (χ1v) is 11.1. The van der Waals surface area contributed by atoms with Crippen molar-refractivity contribution in [3.05, 3.63) is 67.0 Å². The lowest BCUT2D eigenvalue weighted by Crippen LogP contribution is -2.56. The minimum Gasteiger partial charge on any atom is -0.492 e. The van der Waals surface area contributed by atoms with Crippen LogP contribution in [0.3, 0.4) is 0 Å². The molecule has 162 valence electrons. The molecule has 32 heavy (non-hydrogen) atoms. The summed E-state index contributed by atoms with van der Waals surface area (Å²) in [6.45, 7) is 4.52. The van der Waals surface area contributed by atoms with E-state index >= 15 is 0 Å². The number of para-hydroxylation sites is 1. The molecule has 1 fully saturated rings. The van der Waals surface area contributed by atoms with Crippen LogP contribution in [-0.4, -0.2) is 60.4 Å². The molecule has 1 N–H and O–H groups in total. The van der Waals surface area contributed by atoms with Crippen LogP contribution in [-0.2, 0) is 4.74 Å². The molecular weight excluding hydrogens is 402 g/mol. The van der Waals surface area contributed by atoms with Crippen molar-refractivity contribution in [3.8, 4) is 17.1 Å². The summed E-state index contributed by atoms with van der Waals surface area (Å²) in [5.41, 5.74) is 3.19. The van der Waals surface area contributed by atoms with Crippen LogP contribution < -0.4 is 14.5 Å². The van der Waals surface area contributed by atoms with Gasteiger partial charge in [-0.2, -0.15) is 0 Å². The maximum atomic E-state index is 5.96. The van der Waals surface area contributed by atoms with E-state index in [1.165, 1.54) is 0 Å². The van der Waals surface area contributed by atoms with Gasteiger partial charge in [0, 0.05) is 35.8 Å². The van der Waals surface area contributed by atoms with E-state index in [0.29, 0.717) is 13.2 Å². The average Bonchev–Trinajstić information content (AvgIpc) is 3.34. The predicted octanol–water partition coefficient (Wildman–Crippen LogP) is 3.73. The number of benzene rings is 2. The number of nitrogens with zero attached hydrogens (tertiary/aromatic N) is 4. The first kappa shape index (κ1) is 19.1. The maximum Gasteiger partial charge on any atom is 0.162 e. The number of anilines is 2. The number of ether oxygens (including phenoxy) is 2. The first-order valence-electron chi connectivity index (χ1n) is 11.1. The number of nitrogens with one attached hydrogen (secondary N) is 1. The van der Waals surface area contributed by atoms with E-state index in [2.05, 4.69) is 33.0 Å². The van der Waals surface area contributed by atoms with Gasteiger partial charge in [0.1, 0.15) is 12.4 Å². The fraction of sp³-hybridized carbons (Fsp3) is 0.280. The number of hydrogen-bond acceptors (Lipinski definition) is 6. The Morgan fingerprint density at radius 2 is 2.03 bits per heavy atom. The standard InChI is InChI=1S/C25H25N5O2/c1-2-5-19(6-3-1)32-14-11-29-16-18-17-31-13-12-30(18)25-23(29)15-27-24(28-25)21-7-4-8-22-20(21)9-10-26-22/h1-10,15,18,26H,11-14,16-17H2. The molecule has 0 bridgehead atoms. The van der Waals surface area contributed by atoms with Gasteiger partial charge in [-0.15, -0.1) is 0 Å². The topological polar surface area (TPSA) is 66.5 Å². The summed E-state index contributed by atoms with van der Waals surface area (Å²) in [5.74, 6) is 2.63. The third kappa shape index (κ3) is 3.44. The molecule has 7 heteroatoms. The predicted molar refractivity (Wildman–Crippen MR) is 125 cm³/mol. The third-order valence-electron chi connectivity index (χ3n) is 6.23. The third-order valence-corrected chi connectivity index (χ3v) is 6.23. The Labute approximate surface area is 186 Å². The Morgan fingerprint density at radius 3 is 2.97 bits per heavy atom. The molecular formula is C25H25N5O2. The Hall–Kier alpha value is -3.58. The summed E-state index contributed by atoms with van der Waals surface area (Å²) >= 11 is 0. The van der Waals surface area contributed by atoms with Crippen LogP contribution in [0.4, 0.5) is 11.5 Å². The number of hydrogen-bond donors (Lipinski definition) is 1. The number of H-pyrrole nitrogens is 1. The van der Waals surface area contributed by atoms with E-state index in [9.17, 15) is 0 Å². The Bertz CT molecular complexity index is 1230. The van der Waals surface area contributed by atoms with Gasteiger partial charge in [0.15, 0.2) is 11.6 Å². The van der Waals surface area contributed by atoms with E-state index in [-0.39, 0.29) is 6.04 Å². The summed E-state index contributed by atoms with van der Waals surface area (Å²) in [6, 6.07) is 18.5. The molecule has 2 aromatic heterocycles. The molecule has 2 aliphatic heterocycles. The van der Waals surface area contributed by atoms with Gasteiger partial charge in [0.25, 0.3) is 0 Å². The highest BCUT2D eigenvalue weighted by molar-refractivity contribution is 5.93. The van der Waals surface area contributed by atoms with Crippen molar-refractivity contribution < 1.29 is 9.47 Å². The van der Waals surface area contributed by atoms with Gasteiger partial charge in [-0.3, -0.25) is 0 Å². The van der Waals surface area contributed by atoms with Crippen LogP contribution in [0, 0.1) is 0 Å². The molecule has 4 heterocycles. The van der Waals surface area contributed by atoms with Crippen LogP contribution in [0.5, 0.6) is 5.75 Å². The molecule has 1 unspecified atom stereocenters. The zero-order valence-electron chi connectivity index (χ0n) is 17.8. The number of morpholine rings is 1. The van der Waals surface area contributed by atoms with Gasteiger partial charge in [-0.1, -0.05) is 30.3 Å². The van der Waals surface area contributed by atoms with Gasteiger partial charge in [0.05, 0.1) is 37.7 Å². The van der Waals surface area contributed by atoms with E-state index in [1.807, 2.05) is 48.8 Å². The van der Waals surface area contributed by atoms with Crippen LogP contribution in [0.1, 0.15) is 0 Å². The molecule has 4 aromatic rings. The maximum absolute atomic E-state index is 5.96. The molecule has 1 atom stereocenters. The Balaban J connectivity index is 1.32. The number of rotatable bonds is 5. The van der Waals surface area contributed by atoms with Crippen LogP contribution >= 0.6 is 0 Å². The minimum absolute atomic E-state index is 0.277. The van der Waals surface area contributed by atoms with E-state index < -0.39 is 0 Å². The summed E-state index contributed by atoms with van der Waals surface area (Å²) in [7, 11) is 0. The fourth-order valence-electron chi connectivity index (χ4n) is 4.65. The lowest BCUT2D eigenvalue weighted by Gasteiger charge is -2.45. The van der Waals surface area contributed by atoms with Crippen molar-refractivity contribution in [1.82, 2.24) is 15.0 Å². The lowest BCUT2D eigenvalue weighted by molar-refractivity contribution is 0.0934. The van der Waals surface area contributed by atoms with E-state index in [0.717, 1.165) is 65.8 Å². The van der Waals surface area contributed by atoms with Crippen molar-refractivity contribution in [2.24, 2.45) is 0 Å². The quantitative estimate of drug-likeness (QED) is 0.524. The second kappa shape index (κ2) is 8.16. The number of aromatic amines is 1. The van der Waals surface area contributed by atoms with Gasteiger partial charge in [0.2, 0.25) is 0 Å². The Morgan fingerprint density at radius 1 is 1.09 bits per heavy atom. The molecule has 0 saturated carbocycles. The minimum atomic E-state index is 0.277. The van der Waals surface area contributed by atoms with Crippen LogP contribution in [0.15, 0.2) is 67.0 Å². The number of aromatic nitrogens is 3. The second-order valence-corrected chi connectivity index (χ2v) is 8.18. The van der Waals surface area contributed by atoms with Crippen molar-refractivity contribution in [2.45, 2.75) is 6.04 Å². The molecule has 6 rings (SSSR count). The Kier molecular flexibility index (Phi) is 4.88. The molecule has 0 amide bonds.